The van der Waals surface area contributed by atoms with E-state index in [1.54, 1.807) is 6.07 Å². The fraction of sp³-hybridized carbons (Fsp3) is 0.294. The van der Waals surface area contributed by atoms with Crippen molar-refractivity contribution in [3.63, 3.8) is 0 Å². The second kappa shape index (κ2) is 6.06. The predicted molar refractivity (Wildman–Crippen MR) is 83.3 cm³/mol. The summed E-state index contributed by atoms with van der Waals surface area (Å²) in [5, 5.41) is 10.6. The number of halogens is 2. The van der Waals surface area contributed by atoms with Gasteiger partial charge in [-0.05, 0) is 33.1 Å². The average molecular weight is 337 g/mol. The zero-order valence-corrected chi connectivity index (χ0v) is 13.2. The molecular weight excluding hydrogens is 319 g/mol. The van der Waals surface area contributed by atoms with Crippen molar-refractivity contribution in [1.82, 2.24) is 0 Å². The molecule has 2 rings (SSSR count). The van der Waals surface area contributed by atoms with Crippen LogP contribution in [0.5, 0.6) is 0 Å². The number of aliphatic hydroxyl groups excluding tert-OH is 1. The van der Waals surface area contributed by atoms with Crippen molar-refractivity contribution >= 4 is 15.9 Å². The SMILES string of the molecule is CC(C)(c1ccccc1)C(O)Cc1cccc(F)c1Br. The van der Waals surface area contributed by atoms with Crippen molar-refractivity contribution in [1.29, 1.82) is 0 Å². The first-order chi connectivity index (χ1) is 9.43. The Balaban J connectivity index is 2.23. The van der Waals surface area contributed by atoms with Gasteiger partial charge in [-0.15, -0.1) is 0 Å². The molecule has 1 atom stereocenters. The summed E-state index contributed by atoms with van der Waals surface area (Å²) < 4.78 is 14.0. The summed E-state index contributed by atoms with van der Waals surface area (Å²) in [6.45, 7) is 4.00. The fourth-order valence-corrected chi connectivity index (χ4v) is 2.66. The van der Waals surface area contributed by atoms with Gasteiger partial charge < -0.3 is 5.11 Å². The van der Waals surface area contributed by atoms with Gasteiger partial charge in [-0.1, -0.05) is 56.3 Å². The van der Waals surface area contributed by atoms with E-state index in [9.17, 15) is 9.50 Å². The van der Waals surface area contributed by atoms with Crippen LogP contribution >= 0.6 is 15.9 Å². The highest BCUT2D eigenvalue weighted by Gasteiger charge is 2.30. The van der Waals surface area contributed by atoms with E-state index in [0.29, 0.717) is 10.9 Å². The van der Waals surface area contributed by atoms with Crippen molar-refractivity contribution in [2.45, 2.75) is 31.8 Å². The zero-order valence-electron chi connectivity index (χ0n) is 11.6. The fourth-order valence-electron chi connectivity index (χ4n) is 2.23. The minimum Gasteiger partial charge on any atom is -0.392 e. The van der Waals surface area contributed by atoms with Crippen LogP contribution in [0.25, 0.3) is 0 Å². The molecule has 2 aromatic carbocycles. The van der Waals surface area contributed by atoms with E-state index in [-0.39, 0.29) is 5.82 Å². The molecule has 0 spiro atoms. The number of hydrogen-bond acceptors (Lipinski definition) is 1. The molecule has 106 valence electrons. The quantitative estimate of drug-likeness (QED) is 0.873. The van der Waals surface area contributed by atoms with E-state index in [0.717, 1.165) is 11.1 Å². The first kappa shape index (κ1) is 15.2. The van der Waals surface area contributed by atoms with Gasteiger partial charge in [0.05, 0.1) is 10.6 Å². The third-order valence-electron chi connectivity index (χ3n) is 3.80. The predicted octanol–water partition coefficient (Wildman–Crippen LogP) is 4.47. The van der Waals surface area contributed by atoms with E-state index in [1.165, 1.54) is 6.07 Å². The molecule has 1 unspecified atom stereocenters. The Labute approximate surface area is 127 Å². The van der Waals surface area contributed by atoms with Crippen LogP contribution in [0.1, 0.15) is 25.0 Å². The lowest BCUT2D eigenvalue weighted by Gasteiger charge is -2.31. The smallest absolute Gasteiger partial charge is 0.137 e. The molecule has 0 amide bonds. The maximum Gasteiger partial charge on any atom is 0.137 e. The standard InChI is InChI=1S/C17H18BrFO/c1-17(2,13-8-4-3-5-9-13)15(20)11-12-7-6-10-14(19)16(12)18/h3-10,15,20H,11H2,1-2H3. The molecule has 0 fully saturated rings. The van der Waals surface area contributed by atoms with Crippen molar-refractivity contribution in [3.8, 4) is 0 Å². The first-order valence-electron chi connectivity index (χ1n) is 6.59. The molecule has 0 aliphatic rings. The summed E-state index contributed by atoms with van der Waals surface area (Å²) in [5.74, 6) is -0.299. The number of benzene rings is 2. The van der Waals surface area contributed by atoms with E-state index < -0.39 is 11.5 Å². The lowest BCUT2D eigenvalue weighted by atomic mass is 9.77. The molecule has 1 nitrogen and oxygen atoms in total. The highest BCUT2D eigenvalue weighted by atomic mass is 79.9. The molecule has 0 aromatic heterocycles. The number of hydrogen-bond donors (Lipinski definition) is 1. The average Bonchev–Trinajstić information content (AvgIpc) is 2.44. The third kappa shape index (κ3) is 3.10. The van der Waals surface area contributed by atoms with Gasteiger partial charge in [0.1, 0.15) is 5.82 Å². The number of aliphatic hydroxyl groups is 1. The molecule has 0 bridgehead atoms. The lowest BCUT2D eigenvalue weighted by molar-refractivity contribution is 0.0997. The Morgan fingerprint density at radius 2 is 1.75 bits per heavy atom. The Morgan fingerprint density at radius 1 is 1.10 bits per heavy atom. The summed E-state index contributed by atoms with van der Waals surface area (Å²) in [6, 6.07) is 14.8. The van der Waals surface area contributed by atoms with Crippen molar-refractivity contribution < 1.29 is 9.50 Å². The van der Waals surface area contributed by atoms with Crippen LogP contribution in [0.4, 0.5) is 4.39 Å². The maximum atomic E-state index is 13.5. The largest absolute Gasteiger partial charge is 0.392 e. The maximum absolute atomic E-state index is 13.5. The summed E-state index contributed by atoms with van der Waals surface area (Å²) >= 11 is 3.25. The Hall–Kier alpha value is -1.19. The minimum absolute atomic E-state index is 0.299. The Morgan fingerprint density at radius 3 is 2.40 bits per heavy atom. The zero-order chi connectivity index (χ0) is 14.8. The van der Waals surface area contributed by atoms with Crippen molar-refractivity contribution in [2.24, 2.45) is 0 Å². The van der Waals surface area contributed by atoms with Crippen LogP contribution in [0.15, 0.2) is 53.0 Å². The summed E-state index contributed by atoms with van der Waals surface area (Å²) in [6.07, 6.45) is -0.191. The molecule has 20 heavy (non-hydrogen) atoms. The van der Waals surface area contributed by atoms with Crippen LogP contribution in [0, 0.1) is 5.82 Å². The van der Waals surface area contributed by atoms with Crippen LogP contribution in [-0.2, 0) is 11.8 Å². The van der Waals surface area contributed by atoms with E-state index >= 15 is 0 Å². The van der Waals surface area contributed by atoms with Gasteiger partial charge in [0.25, 0.3) is 0 Å². The van der Waals surface area contributed by atoms with Crippen LogP contribution < -0.4 is 0 Å². The minimum atomic E-state index is -0.594. The van der Waals surface area contributed by atoms with E-state index in [4.69, 9.17) is 0 Å². The lowest BCUT2D eigenvalue weighted by Crippen LogP contribution is -2.35. The van der Waals surface area contributed by atoms with Gasteiger partial charge in [0.15, 0.2) is 0 Å². The number of rotatable bonds is 4. The van der Waals surface area contributed by atoms with Crippen LogP contribution in [-0.4, -0.2) is 11.2 Å². The van der Waals surface area contributed by atoms with Gasteiger partial charge in [-0.25, -0.2) is 4.39 Å². The van der Waals surface area contributed by atoms with Crippen LogP contribution in [0.2, 0.25) is 0 Å². The van der Waals surface area contributed by atoms with Crippen molar-refractivity contribution in [2.75, 3.05) is 0 Å². The molecular formula is C17H18BrFO. The topological polar surface area (TPSA) is 20.2 Å². The highest BCUT2D eigenvalue weighted by molar-refractivity contribution is 9.10. The molecule has 3 heteroatoms. The highest BCUT2D eigenvalue weighted by Crippen LogP contribution is 2.31. The van der Waals surface area contributed by atoms with Crippen LogP contribution in [0.3, 0.4) is 0 Å². The molecule has 1 N–H and O–H groups in total. The monoisotopic (exact) mass is 336 g/mol. The van der Waals surface area contributed by atoms with Gasteiger partial charge in [0, 0.05) is 11.8 Å². The Bertz CT molecular complexity index is 581. The second-order valence-corrected chi connectivity index (χ2v) is 6.31. The normalized spacial score (nSPS) is 13.2. The Kier molecular flexibility index (Phi) is 4.61. The van der Waals surface area contributed by atoms with E-state index in [1.807, 2.05) is 50.2 Å². The molecule has 0 saturated carbocycles. The molecule has 2 aromatic rings. The summed E-state index contributed by atoms with van der Waals surface area (Å²) in [5.41, 5.74) is 1.45. The molecule has 0 radical (unpaired) electrons. The van der Waals surface area contributed by atoms with Crippen molar-refractivity contribution in [3.05, 3.63) is 69.9 Å². The molecule has 0 saturated heterocycles. The molecule has 0 aliphatic heterocycles. The first-order valence-corrected chi connectivity index (χ1v) is 7.38. The third-order valence-corrected chi connectivity index (χ3v) is 4.68. The van der Waals surface area contributed by atoms with Gasteiger partial charge in [-0.2, -0.15) is 0 Å². The summed E-state index contributed by atoms with van der Waals surface area (Å²) in [4.78, 5) is 0. The van der Waals surface area contributed by atoms with Gasteiger partial charge in [-0.3, -0.25) is 0 Å². The second-order valence-electron chi connectivity index (χ2n) is 5.52. The summed E-state index contributed by atoms with van der Waals surface area (Å²) in [7, 11) is 0. The van der Waals surface area contributed by atoms with Gasteiger partial charge in [0.2, 0.25) is 0 Å². The van der Waals surface area contributed by atoms with Gasteiger partial charge >= 0.3 is 0 Å². The molecule has 0 aliphatic carbocycles. The van der Waals surface area contributed by atoms with E-state index in [2.05, 4.69) is 15.9 Å². The molecule has 0 heterocycles.